The van der Waals surface area contributed by atoms with Crippen LogP contribution in [0.15, 0.2) is 46.9 Å². The van der Waals surface area contributed by atoms with E-state index in [9.17, 15) is 22.8 Å². The minimum absolute atomic E-state index is 0.263. The van der Waals surface area contributed by atoms with E-state index in [1.807, 2.05) is 0 Å². The summed E-state index contributed by atoms with van der Waals surface area (Å²) >= 11 is 1.25. The second-order valence-corrected chi connectivity index (χ2v) is 5.52. The van der Waals surface area contributed by atoms with E-state index in [4.69, 9.17) is 0 Å². The molecule has 0 atom stereocenters. The first-order chi connectivity index (χ1) is 11.4. The molecule has 0 unspecified atom stereocenters. The lowest BCUT2D eigenvalue weighted by Gasteiger charge is -2.05. The highest BCUT2D eigenvalue weighted by Crippen LogP contribution is 2.28. The van der Waals surface area contributed by atoms with Crippen molar-refractivity contribution in [3.05, 3.63) is 57.8 Å². The number of hydrazone groups is 1. The van der Waals surface area contributed by atoms with Gasteiger partial charge in [0.25, 0.3) is 11.8 Å². The van der Waals surface area contributed by atoms with Gasteiger partial charge in [-0.2, -0.15) is 18.3 Å². The predicted octanol–water partition coefficient (Wildman–Crippen LogP) is 2.65. The highest BCUT2D eigenvalue weighted by molar-refractivity contribution is 7.12. The van der Waals surface area contributed by atoms with Crippen molar-refractivity contribution >= 4 is 29.4 Å². The number of carbonyl (C=O) groups is 2. The maximum atomic E-state index is 12.4. The van der Waals surface area contributed by atoms with E-state index < -0.39 is 17.6 Å². The number of hydrogen-bond donors (Lipinski definition) is 2. The number of thiophene rings is 1. The Kier molecular flexibility index (Phi) is 5.69. The van der Waals surface area contributed by atoms with Gasteiger partial charge in [0.2, 0.25) is 0 Å². The fraction of sp³-hybridized carbons (Fsp3) is 0.133. The van der Waals surface area contributed by atoms with E-state index in [1.54, 1.807) is 17.5 Å². The van der Waals surface area contributed by atoms with Crippen molar-refractivity contribution in [2.24, 2.45) is 5.10 Å². The van der Waals surface area contributed by atoms with E-state index >= 15 is 0 Å². The molecule has 0 bridgehead atoms. The number of amides is 2. The Labute approximate surface area is 139 Å². The van der Waals surface area contributed by atoms with Gasteiger partial charge < -0.3 is 5.32 Å². The molecule has 2 rings (SSSR count). The van der Waals surface area contributed by atoms with Gasteiger partial charge in [-0.15, -0.1) is 11.3 Å². The lowest BCUT2D eigenvalue weighted by molar-refractivity contribution is -0.137. The van der Waals surface area contributed by atoms with Crippen LogP contribution in [0.4, 0.5) is 13.2 Å². The molecule has 5 nitrogen and oxygen atoms in total. The fourth-order valence-electron chi connectivity index (χ4n) is 1.63. The number of nitrogens with one attached hydrogen (secondary N) is 2. The second kappa shape index (κ2) is 7.73. The van der Waals surface area contributed by atoms with Crippen molar-refractivity contribution in [3.8, 4) is 0 Å². The van der Waals surface area contributed by atoms with Crippen LogP contribution >= 0.6 is 11.3 Å². The highest BCUT2D eigenvalue weighted by atomic mass is 32.1. The summed E-state index contributed by atoms with van der Waals surface area (Å²) in [7, 11) is 0. The van der Waals surface area contributed by atoms with Crippen LogP contribution < -0.4 is 10.7 Å². The molecule has 0 aliphatic heterocycles. The topological polar surface area (TPSA) is 70.6 Å². The Hall–Kier alpha value is -2.68. The average molecular weight is 355 g/mol. The fourth-order valence-corrected chi connectivity index (χ4v) is 2.27. The van der Waals surface area contributed by atoms with Gasteiger partial charge in [0.1, 0.15) is 0 Å². The van der Waals surface area contributed by atoms with Crippen molar-refractivity contribution in [1.82, 2.24) is 10.7 Å². The van der Waals surface area contributed by atoms with Crippen LogP contribution in [0.1, 0.15) is 20.8 Å². The van der Waals surface area contributed by atoms with Crippen LogP contribution in [0, 0.1) is 0 Å². The molecule has 9 heteroatoms. The molecule has 0 saturated carbocycles. The van der Waals surface area contributed by atoms with E-state index in [0.717, 1.165) is 12.1 Å². The summed E-state index contributed by atoms with van der Waals surface area (Å²) in [5.74, 6) is -0.921. The van der Waals surface area contributed by atoms with Gasteiger partial charge in [0.15, 0.2) is 0 Å². The molecule has 2 aromatic rings. The molecule has 0 spiro atoms. The van der Waals surface area contributed by atoms with Gasteiger partial charge in [-0.1, -0.05) is 18.2 Å². The van der Waals surface area contributed by atoms with Gasteiger partial charge in [-0.25, -0.2) is 5.43 Å². The third-order valence-corrected chi connectivity index (χ3v) is 3.66. The number of hydrogen-bond acceptors (Lipinski definition) is 4. The Morgan fingerprint density at radius 3 is 2.46 bits per heavy atom. The number of nitrogens with zero attached hydrogens (tertiary/aromatic N) is 1. The maximum Gasteiger partial charge on any atom is 0.416 e. The van der Waals surface area contributed by atoms with Gasteiger partial charge in [0.05, 0.1) is 23.2 Å². The molecule has 2 N–H and O–H groups in total. The van der Waals surface area contributed by atoms with Crippen LogP contribution in [0.5, 0.6) is 0 Å². The van der Waals surface area contributed by atoms with E-state index in [-0.39, 0.29) is 12.5 Å². The SMILES string of the molecule is O=C(CNC(=O)c1cccs1)N/N=C/c1ccc(C(F)(F)F)cc1. The summed E-state index contributed by atoms with van der Waals surface area (Å²) in [6.07, 6.45) is -3.19. The van der Waals surface area contributed by atoms with Crippen LogP contribution in [-0.4, -0.2) is 24.6 Å². The molecule has 1 aromatic heterocycles. The summed E-state index contributed by atoms with van der Waals surface area (Å²) in [6, 6.07) is 7.65. The standard InChI is InChI=1S/C15H12F3N3O2S/c16-15(17,18)11-5-3-10(4-6-11)8-20-21-13(22)9-19-14(23)12-2-1-7-24-12/h1-8H,9H2,(H,19,23)(H,21,22)/b20-8+. The van der Waals surface area contributed by atoms with Gasteiger partial charge >= 0.3 is 6.18 Å². The smallest absolute Gasteiger partial charge is 0.342 e. The third kappa shape index (κ3) is 5.20. The van der Waals surface area contributed by atoms with E-state index in [0.29, 0.717) is 10.4 Å². The normalized spacial score (nSPS) is 11.5. The summed E-state index contributed by atoms with van der Waals surface area (Å²) in [6.45, 7) is -0.263. The largest absolute Gasteiger partial charge is 0.416 e. The summed E-state index contributed by atoms with van der Waals surface area (Å²) in [5, 5.41) is 7.78. The molecule has 126 valence electrons. The zero-order valence-electron chi connectivity index (χ0n) is 12.1. The monoisotopic (exact) mass is 355 g/mol. The van der Waals surface area contributed by atoms with Gasteiger partial charge in [0, 0.05) is 0 Å². The lowest BCUT2D eigenvalue weighted by atomic mass is 10.1. The molecule has 24 heavy (non-hydrogen) atoms. The number of carbonyl (C=O) groups excluding carboxylic acids is 2. The molecule has 1 aromatic carbocycles. The zero-order chi connectivity index (χ0) is 17.6. The molecule has 0 fully saturated rings. The van der Waals surface area contributed by atoms with E-state index in [1.165, 1.54) is 29.7 Å². The molecule has 1 heterocycles. The number of halogens is 3. The minimum Gasteiger partial charge on any atom is -0.342 e. The molecule has 0 aliphatic rings. The maximum absolute atomic E-state index is 12.4. The third-order valence-electron chi connectivity index (χ3n) is 2.80. The second-order valence-electron chi connectivity index (χ2n) is 4.57. The Balaban J connectivity index is 1.79. The summed E-state index contributed by atoms with van der Waals surface area (Å²) in [4.78, 5) is 23.6. The molecule has 0 radical (unpaired) electrons. The lowest BCUT2D eigenvalue weighted by Crippen LogP contribution is -2.34. The Bertz CT molecular complexity index is 725. The van der Waals surface area contributed by atoms with E-state index in [2.05, 4.69) is 15.8 Å². The van der Waals surface area contributed by atoms with Crippen LogP contribution in [0.25, 0.3) is 0 Å². The first kappa shape index (κ1) is 17.7. The molecule has 0 saturated heterocycles. The van der Waals surface area contributed by atoms with Crippen molar-refractivity contribution < 1.29 is 22.8 Å². The number of benzene rings is 1. The quantitative estimate of drug-likeness (QED) is 0.639. The first-order valence-electron chi connectivity index (χ1n) is 6.67. The molecular weight excluding hydrogens is 343 g/mol. The first-order valence-corrected chi connectivity index (χ1v) is 7.55. The van der Waals surface area contributed by atoms with Crippen molar-refractivity contribution in [2.75, 3.05) is 6.54 Å². The highest BCUT2D eigenvalue weighted by Gasteiger charge is 2.29. The average Bonchev–Trinajstić information content (AvgIpc) is 3.07. The van der Waals surface area contributed by atoms with Crippen LogP contribution in [0.2, 0.25) is 0 Å². The zero-order valence-corrected chi connectivity index (χ0v) is 12.9. The predicted molar refractivity (Wildman–Crippen MR) is 83.8 cm³/mol. The van der Waals surface area contributed by atoms with Gasteiger partial charge in [-0.3, -0.25) is 9.59 Å². The summed E-state index contributed by atoms with van der Waals surface area (Å²) in [5.41, 5.74) is 1.80. The Morgan fingerprint density at radius 1 is 1.17 bits per heavy atom. The molecule has 0 aliphatic carbocycles. The van der Waals surface area contributed by atoms with Crippen molar-refractivity contribution in [3.63, 3.8) is 0 Å². The molecule has 2 amide bonds. The van der Waals surface area contributed by atoms with Crippen molar-refractivity contribution in [1.29, 1.82) is 0 Å². The number of alkyl halides is 3. The van der Waals surface area contributed by atoms with Gasteiger partial charge in [-0.05, 0) is 29.1 Å². The van der Waals surface area contributed by atoms with Crippen LogP contribution in [-0.2, 0) is 11.0 Å². The molecular formula is C15H12F3N3O2S. The van der Waals surface area contributed by atoms with Crippen LogP contribution in [0.3, 0.4) is 0 Å². The Morgan fingerprint density at radius 2 is 1.88 bits per heavy atom. The minimum atomic E-state index is -4.40. The van der Waals surface area contributed by atoms with Crippen molar-refractivity contribution in [2.45, 2.75) is 6.18 Å². The number of rotatable bonds is 5. The summed E-state index contributed by atoms with van der Waals surface area (Å²) < 4.78 is 37.2.